The van der Waals surface area contributed by atoms with Gasteiger partial charge in [0.2, 0.25) is 0 Å². The van der Waals surface area contributed by atoms with Gasteiger partial charge < -0.3 is 14.6 Å². The first-order valence-electron chi connectivity index (χ1n) is 6.95. The second-order valence-corrected chi connectivity index (χ2v) is 5.47. The zero-order chi connectivity index (χ0) is 13.8. The molecule has 1 aromatic heterocycles. The quantitative estimate of drug-likeness (QED) is 0.867. The van der Waals surface area contributed by atoms with E-state index in [1.165, 1.54) is 0 Å². The monoisotopic (exact) mass is 265 g/mol. The highest BCUT2D eigenvalue weighted by Gasteiger charge is 2.28. The van der Waals surface area contributed by atoms with E-state index in [1.54, 1.807) is 13.1 Å². The van der Waals surface area contributed by atoms with Gasteiger partial charge >= 0.3 is 0 Å². The average Bonchev–Trinajstić information content (AvgIpc) is 2.82. The number of ketones is 1. The molecule has 0 saturated carbocycles. The Morgan fingerprint density at radius 2 is 2.21 bits per heavy atom. The number of carbonyl (C=O) groups excluding carboxylic acids is 1. The van der Waals surface area contributed by atoms with Crippen LogP contribution >= 0.6 is 0 Å². The fourth-order valence-corrected chi connectivity index (χ4v) is 2.68. The van der Waals surface area contributed by atoms with Crippen LogP contribution in [0.3, 0.4) is 0 Å². The van der Waals surface area contributed by atoms with E-state index in [1.807, 2.05) is 17.8 Å². The Kier molecular flexibility index (Phi) is 4.71. The summed E-state index contributed by atoms with van der Waals surface area (Å²) in [7, 11) is 1.91. The van der Waals surface area contributed by atoms with Gasteiger partial charge in [-0.3, -0.25) is 4.79 Å². The normalized spacial score (nSPS) is 19.5. The SMILES string of the molecule is CC(=O)CCN1CCC(C(O)c2nccn2C)CC1. The molecule has 1 aliphatic rings. The zero-order valence-electron chi connectivity index (χ0n) is 11.7. The smallest absolute Gasteiger partial charge is 0.137 e. The molecule has 0 amide bonds. The van der Waals surface area contributed by atoms with E-state index in [0.717, 1.165) is 38.3 Å². The van der Waals surface area contributed by atoms with E-state index in [-0.39, 0.29) is 11.7 Å². The molecule has 0 radical (unpaired) electrons. The van der Waals surface area contributed by atoms with Crippen molar-refractivity contribution in [1.29, 1.82) is 0 Å². The Morgan fingerprint density at radius 3 is 2.74 bits per heavy atom. The van der Waals surface area contributed by atoms with Crippen LogP contribution in [0.15, 0.2) is 12.4 Å². The molecule has 106 valence electrons. The van der Waals surface area contributed by atoms with Crippen molar-refractivity contribution in [2.75, 3.05) is 19.6 Å². The third-order valence-corrected chi connectivity index (χ3v) is 3.98. The molecule has 1 unspecified atom stereocenters. The van der Waals surface area contributed by atoms with Gasteiger partial charge in [-0.2, -0.15) is 0 Å². The van der Waals surface area contributed by atoms with Crippen molar-refractivity contribution in [2.45, 2.75) is 32.3 Å². The lowest BCUT2D eigenvalue weighted by molar-refractivity contribution is -0.117. The van der Waals surface area contributed by atoms with Crippen LogP contribution in [0.25, 0.3) is 0 Å². The number of carbonyl (C=O) groups is 1. The Balaban J connectivity index is 1.83. The minimum Gasteiger partial charge on any atom is -0.385 e. The molecule has 0 spiro atoms. The van der Waals surface area contributed by atoms with Crippen molar-refractivity contribution in [1.82, 2.24) is 14.5 Å². The molecule has 0 aromatic carbocycles. The Bertz CT molecular complexity index is 422. The first-order chi connectivity index (χ1) is 9.08. The summed E-state index contributed by atoms with van der Waals surface area (Å²) in [4.78, 5) is 17.5. The second kappa shape index (κ2) is 6.30. The summed E-state index contributed by atoms with van der Waals surface area (Å²) in [6, 6.07) is 0. The number of rotatable bonds is 5. The summed E-state index contributed by atoms with van der Waals surface area (Å²) in [6.07, 6.45) is 5.67. The van der Waals surface area contributed by atoms with E-state index in [2.05, 4.69) is 9.88 Å². The van der Waals surface area contributed by atoms with Gasteiger partial charge in [0.1, 0.15) is 17.7 Å². The van der Waals surface area contributed by atoms with Gasteiger partial charge in [0.05, 0.1) is 0 Å². The predicted molar refractivity (Wildman–Crippen MR) is 72.6 cm³/mol. The standard InChI is InChI=1S/C14H23N3O2/c1-11(18)3-7-17-8-4-12(5-9-17)13(19)14-15-6-10-16(14)2/h6,10,12-13,19H,3-5,7-9H2,1-2H3. The highest BCUT2D eigenvalue weighted by atomic mass is 16.3. The van der Waals surface area contributed by atoms with E-state index in [9.17, 15) is 9.90 Å². The van der Waals surface area contributed by atoms with Crippen LogP contribution in [0.5, 0.6) is 0 Å². The van der Waals surface area contributed by atoms with Gasteiger partial charge in [-0.15, -0.1) is 0 Å². The molecule has 1 N–H and O–H groups in total. The third kappa shape index (κ3) is 3.64. The van der Waals surface area contributed by atoms with Crippen molar-refractivity contribution in [3.63, 3.8) is 0 Å². The Labute approximate surface area is 114 Å². The molecule has 1 saturated heterocycles. The number of aliphatic hydroxyl groups excluding tert-OH is 1. The molecule has 1 atom stereocenters. The van der Waals surface area contributed by atoms with Crippen LogP contribution in [-0.4, -0.2) is 45.0 Å². The number of imidazole rings is 1. The predicted octanol–water partition coefficient (Wildman–Crippen LogP) is 1.14. The number of likely N-dealkylation sites (tertiary alicyclic amines) is 1. The Morgan fingerprint density at radius 1 is 1.53 bits per heavy atom. The molecule has 1 aliphatic heterocycles. The number of aliphatic hydroxyl groups is 1. The van der Waals surface area contributed by atoms with Crippen LogP contribution in [0.4, 0.5) is 0 Å². The fraction of sp³-hybridized carbons (Fsp3) is 0.714. The lowest BCUT2D eigenvalue weighted by atomic mass is 9.90. The summed E-state index contributed by atoms with van der Waals surface area (Å²) in [5.41, 5.74) is 0. The molecule has 1 aromatic rings. The van der Waals surface area contributed by atoms with Crippen molar-refractivity contribution in [2.24, 2.45) is 13.0 Å². The van der Waals surface area contributed by atoms with Crippen LogP contribution in [0.2, 0.25) is 0 Å². The maximum absolute atomic E-state index is 11.0. The van der Waals surface area contributed by atoms with Crippen LogP contribution in [0.1, 0.15) is 38.1 Å². The molecule has 2 rings (SSSR count). The zero-order valence-corrected chi connectivity index (χ0v) is 11.7. The van der Waals surface area contributed by atoms with E-state index < -0.39 is 6.10 Å². The molecular weight excluding hydrogens is 242 g/mol. The Hall–Kier alpha value is -1.20. The maximum atomic E-state index is 11.0. The first kappa shape index (κ1) is 14.2. The van der Waals surface area contributed by atoms with Gasteiger partial charge in [0.15, 0.2) is 0 Å². The number of aromatic nitrogens is 2. The van der Waals surface area contributed by atoms with Crippen molar-refractivity contribution >= 4 is 5.78 Å². The largest absolute Gasteiger partial charge is 0.385 e. The van der Waals surface area contributed by atoms with Crippen molar-refractivity contribution < 1.29 is 9.90 Å². The highest BCUT2D eigenvalue weighted by molar-refractivity contribution is 5.75. The van der Waals surface area contributed by atoms with Crippen LogP contribution < -0.4 is 0 Å². The topological polar surface area (TPSA) is 58.4 Å². The average molecular weight is 265 g/mol. The highest BCUT2D eigenvalue weighted by Crippen LogP contribution is 2.29. The number of hydrogen-bond acceptors (Lipinski definition) is 4. The van der Waals surface area contributed by atoms with E-state index in [4.69, 9.17) is 0 Å². The molecule has 5 nitrogen and oxygen atoms in total. The lowest BCUT2D eigenvalue weighted by Crippen LogP contribution is -2.37. The molecular formula is C14H23N3O2. The number of Topliss-reactive ketones (excluding diaryl/α,β-unsaturated/α-hetero) is 1. The summed E-state index contributed by atoms with van der Waals surface area (Å²) in [5, 5.41) is 10.4. The summed E-state index contributed by atoms with van der Waals surface area (Å²) in [6.45, 7) is 4.40. The van der Waals surface area contributed by atoms with Gasteiger partial charge in [-0.05, 0) is 38.8 Å². The van der Waals surface area contributed by atoms with Gasteiger partial charge in [0, 0.05) is 32.4 Å². The molecule has 0 aliphatic carbocycles. The minimum atomic E-state index is -0.477. The van der Waals surface area contributed by atoms with Crippen LogP contribution in [-0.2, 0) is 11.8 Å². The summed E-state index contributed by atoms with van der Waals surface area (Å²) < 4.78 is 1.88. The number of piperidine rings is 1. The number of hydrogen-bond donors (Lipinski definition) is 1. The van der Waals surface area contributed by atoms with Gasteiger partial charge in [-0.1, -0.05) is 0 Å². The summed E-state index contributed by atoms with van der Waals surface area (Å²) >= 11 is 0. The maximum Gasteiger partial charge on any atom is 0.137 e. The molecule has 19 heavy (non-hydrogen) atoms. The van der Waals surface area contributed by atoms with Gasteiger partial charge in [0.25, 0.3) is 0 Å². The van der Waals surface area contributed by atoms with Crippen molar-refractivity contribution in [3.8, 4) is 0 Å². The summed E-state index contributed by atoms with van der Waals surface area (Å²) in [5.74, 6) is 1.27. The minimum absolute atomic E-state index is 0.246. The number of aryl methyl sites for hydroxylation is 1. The van der Waals surface area contributed by atoms with E-state index in [0.29, 0.717) is 6.42 Å². The molecule has 5 heteroatoms. The number of nitrogens with zero attached hydrogens (tertiary/aromatic N) is 3. The van der Waals surface area contributed by atoms with E-state index >= 15 is 0 Å². The lowest BCUT2D eigenvalue weighted by Gasteiger charge is -2.33. The van der Waals surface area contributed by atoms with Crippen molar-refractivity contribution in [3.05, 3.63) is 18.2 Å². The van der Waals surface area contributed by atoms with Crippen LogP contribution in [0, 0.1) is 5.92 Å². The first-order valence-corrected chi connectivity index (χ1v) is 6.95. The second-order valence-electron chi connectivity index (χ2n) is 5.47. The third-order valence-electron chi connectivity index (χ3n) is 3.98. The molecule has 0 bridgehead atoms. The van der Waals surface area contributed by atoms with Gasteiger partial charge in [-0.25, -0.2) is 4.98 Å². The molecule has 1 fully saturated rings. The molecule has 2 heterocycles. The fourth-order valence-electron chi connectivity index (χ4n) is 2.68.